The summed E-state index contributed by atoms with van der Waals surface area (Å²) in [5.74, 6) is 1.22. The van der Waals surface area contributed by atoms with E-state index in [4.69, 9.17) is 4.74 Å². The highest BCUT2D eigenvalue weighted by molar-refractivity contribution is 5.86. The van der Waals surface area contributed by atoms with Crippen LogP contribution in [0.5, 0.6) is 5.75 Å². The van der Waals surface area contributed by atoms with E-state index in [1.807, 2.05) is 35.2 Å². The van der Waals surface area contributed by atoms with E-state index in [0.29, 0.717) is 5.91 Å². The number of amides is 1. The lowest BCUT2D eigenvalue weighted by atomic mass is 9.91. The van der Waals surface area contributed by atoms with E-state index in [1.54, 1.807) is 0 Å². The first kappa shape index (κ1) is 18.1. The molecule has 5 heteroatoms. The summed E-state index contributed by atoms with van der Waals surface area (Å²) in [6.07, 6.45) is 5.02. The molecule has 1 aromatic carbocycles. The van der Waals surface area contributed by atoms with Gasteiger partial charge in [0.05, 0.1) is 5.54 Å². The molecule has 0 aromatic heterocycles. The van der Waals surface area contributed by atoms with Crippen LogP contribution in [0, 0.1) is 0 Å². The van der Waals surface area contributed by atoms with Crippen molar-refractivity contribution in [3.63, 3.8) is 0 Å². The highest BCUT2D eigenvalue weighted by atomic mass is 35.5. The van der Waals surface area contributed by atoms with Crippen molar-refractivity contribution in [3.05, 3.63) is 30.3 Å². The number of nitrogens with zero attached hydrogens (tertiary/aromatic N) is 1. The summed E-state index contributed by atoms with van der Waals surface area (Å²) >= 11 is 0. The number of benzene rings is 1. The molecule has 1 atom stereocenters. The molecule has 1 N–H and O–H groups in total. The lowest BCUT2D eigenvalue weighted by Crippen LogP contribution is -2.56. The van der Waals surface area contributed by atoms with Crippen LogP contribution in [0.25, 0.3) is 0 Å². The van der Waals surface area contributed by atoms with Gasteiger partial charge in [-0.1, -0.05) is 25.1 Å². The molecular weight excluding hydrogens is 312 g/mol. The summed E-state index contributed by atoms with van der Waals surface area (Å²) in [5, 5.41) is 3.45. The predicted molar refractivity (Wildman–Crippen MR) is 94.2 cm³/mol. The maximum absolute atomic E-state index is 12.8. The average molecular weight is 339 g/mol. The Bertz CT molecular complexity index is 495. The van der Waals surface area contributed by atoms with E-state index in [9.17, 15) is 4.79 Å². The second-order valence-electron chi connectivity index (χ2n) is 6.39. The fourth-order valence-electron chi connectivity index (χ4n) is 3.61. The van der Waals surface area contributed by atoms with Gasteiger partial charge in [-0.3, -0.25) is 4.79 Å². The van der Waals surface area contributed by atoms with Crippen molar-refractivity contribution in [1.82, 2.24) is 10.2 Å². The number of rotatable bonds is 4. The van der Waals surface area contributed by atoms with Gasteiger partial charge in [0.15, 0.2) is 0 Å². The third-order valence-electron chi connectivity index (χ3n) is 5.03. The molecule has 3 rings (SSSR count). The molecule has 0 spiro atoms. The number of likely N-dealkylation sites (tertiary alicyclic amines) is 1. The van der Waals surface area contributed by atoms with Gasteiger partial charge in [-0.15, -0.1) is 12.4 Å². The van der Waals surface area contributed by atoms with Gasteiger partial charge in [-0.25, -0.2) is 0 Å². The quantitative estimate of drug-likeness (QED) is 0.917. The van der Waals surface area contributed by atoms with E-state index in [0.717, 1.165) is 57.5 Å². The minimum atomic E-state index is -0.298. The van der Waals surface area contributed by atoms with Crippen molar-refractivity contribution in [1.29, 1.82) is 0 Å². The monoisotopic (exact) mass is 338 g/mol. The highest BCUT2D eigenvalue weighted by Gasteiger charge is 2.42. The van der Waals surface area contributed by atoms with Crippen LogP contribution in [0.1, 0.15) is 39.0 Å². The summed E-state index contributed by atoms with van der Waals surface area (Å²) < 4.78 is 6.01. The fraction of sp³-hybridized carbons (Fsp3) is 0.611. The maximum atomic E-state index is 12.8. The lowest BCUT2D eigenvalue weighted by Gasteiger charge is -2.38. The molecule has 0 saturated carbocycles. The van der Waals surface area contributed by atoms with Gasteiger partial charge in [-0.2, -0.15) is 0 Å². The van der Waals surface area contributed by atoms with Gasteiger partial charge in [0.25, 0.3) is 0 Å². The number of nitrogens with one attached hydrogen (secondary N) is 1. The smallest absolute Gasteiger partial charge is 0.242 e. The van der Waals surface area contributed by atoms with E-state index in [2.05, 4.69) is 12.2 Å². The summed E-state index contributed by atoms with van der Waals surface area (Å²) in [5.41, 5.74) is -0.298. The molecule has 2 saturated heterocycles. The average Bonchev–Trinajstić information content (AvgIpc) is 3.06. The highest BCUT2D eigenvalue weighted by Crippen LogP contribution is 2.27. The summed E-state index contributed by atoms with van der Waals surface area (Å²) in [4.78, 5) is 14.9. The van der Waals surface area contributed by atoms with Crippen molar-refractivity contribution in [2.75, 3.05) is 19.6 Å². The largest absolute Gasteiger partial charge is 0.490 e. The first-order valence-electron chi connectivity index (χ1n) is 8.49. The second kappa shape index (κ2) is 8.02. The Kier molecular flexibility index (Phi) is 6.31. The van der Waals surface area contributed by atoms with Gasteiger partial charge < -0.3 is 15.0 Å². The molecule has 0 aliphatic carbocycles. The Labute approximate surface area is 145 Å². The van der Waals surface area contributed by atoms with Crippen LogP contribution >= 0.6 is 12.4 Å². The molecule has 23 heavy (non-hydrogen) atoms. The van der Waals surface area contributed by atoms with Crippen LogP contribution < -0.4 is 10.1 Å². The maximum Gasteiger partial charge on any atom is 0.242 e. The van der Waals surface area contributed by atoms with Crippen LogP contribution in [0.15, 0.2) is 30.3 Å². The summed E-state index contributed by atoms with van der Waals surface area (Å²) in [7, 11) is 0. The van der Waals surface area contributed by atoms with Crippen molar-refractivity contribution >= 4 is 18.3 Å². The minimum absolute atomic E-state index is 0. The zero-order valence-electron chi connectivity index (χ0n) is 13.8. The first-order valence-corrected chi connectivity index (χ1v) is 8.49. The van der Waals surface area contributed by atoms with Crippen LogP contribution in [-0.4, -0.2) is 42.1 Å². The Morgan fingerprint density at radius 3 is 2.57 bits per heavy atom. The Hall–Kier alpha value is -1.26. The number of hydrogen-bond donors (Lipinski definition) is 1. The van der Waals surface area contributed by atoms with E-state index in [-0.39, 0.29) is 24.0 Å². The van der Waals surface area contributed by atoms with E-state index < -0.39 is 0 Å². The molecule has 0 bridgehead atoms. The zero-order valence-corrected chi connectivity index (χ0v) is 14.6. The predicted octanol–water partition coefficient (Wildman–Crippen LogP) is 3.01. The standard InChI is InChI=1S/C18H26N2O2.ClH/c1-2-18(11-6-12-19-18)17(21)20-13-9-16(10-14-20)22-15-7-4-3-5-8-15;/h3-5,7-8,16,19H,2,6,9-14H2,1H3;1H. The van der Waals surface area contributed by atoms with Crippen LogP contribution in [0.2, 0.25) is 0 Å². The van der Waals surface area contributed by atoms with Gasteiger partial charge in [0, 0.05) is 25.9 Å². The molecule has 4 nitrogen and oxygen atoms in total. The topological polar surface area (TPSA) is 41.6 Å². The van der Waals surface area contributed by atoms with Crippen LogP contribution in [0.3, 0.4) is 0 Å². The van der Waals surface area contributed by atoms with E-state index >= 15 is 0 Å². The van der Waals surface area contributed by atoms with Crippen LogP contribution in [-0.2, 0) is 4.79 Å². The lowest BCUT2D eigenvalue weighted by molar-refractivity contribution is -0.139. The molecule has 2 aliphatic heterocycles. The molecule has 1 unspecified atom stereocenters. The number of ether oxygens (including phenoxy) is 1. The number of carbonyl (C=O) groups is 1. The Morgan fingerprint density at radius 2 is 2.00 bits per heavy atom. The number of para-hydroxylation sites is 1. The molecular formula is C18H27ClN2O2. The van der Waals surface area contributed by atoms with Crippen molar-refractivity contribution in [3.8, 4) is 5.75 Å². The third-order valence-corrected chi connectivity index (χ3v) is 5.03. The molecule has 2 aliphatic rings. The van der Waals surface area contributed by atoms with Crippen LogP contribution in [0.4, 0.5) is 0 Å². The van der Waals surface area contributed by atoms with Crippen molar-refractivity contribution < 1.29 is 9.53 Å². The SMILES string of the molecule is CCC1(C(=O)N2CCC(Oc3ccccc3)CC2)CCCN1.Cl. The molecule has 2 fully saturated rings. The molecule has 128 valence electrons. The summed E-state index contributed by atoms with van der Waals surface area (Å²) in [6.45, 7) is 4.69. The molecule has 1 amide bonds. The van der Waals surface area contributed by atoms with E-state index in [1.165, 1.54) is 0 Å². The first-order chi connectivity index (χ1) is 10.7. The van der Waals surface area contributed by atoms with Gasteiger partial charge in [-0.05, 0) is 37.9 Å². The Morgan fingerprint density at radius 1 is 1.30 bits per heavy atom. The van der Waals surface area contributed by atoms with Gasteiger partial charge in [0.2, 0.25) is 5.91 Å². The minimum Gasteiger partial charge on any atom is -0.490 e. The zero-order chi connectivity index (χ0) is 15.4. The van der Waals surface area contributed by atoms with Gasteiger partial charge >= 0.3 is 0 Å². The number of piperidine rings is 1. The third kappa shape index (κ3) is 3.99. The second-order valence-corrected chi connectivity index (χ2v) is 6.39. The van der Waals surface area contributed by atoms with Crippen molar-refractivity contribution in [2.45, 2.75) is 50.7 Å². The number of carbonyl (C=O) groups excluding carboxylic acids is 1. The molecule has 2 heterocycles. The Balaban J connectivity index is 0.00000192. The fourth-order valence-corrected chi connectivity index (χ4v) is 3.61. The molecule has 0 radical (unpaired) electrons. The number of halogens is 1. The number of hydrogen-bond acceptors (Lipinski definition) is 3. The normalized spacial score (nSPS) is 25.0. The molecule has 1 aromatic rings. The summed E-state index contributed by atoms with van der Waals surface area (Å²) in [6, 6.07) is 9.96. The van der Waals surface area contributed by atoms with Gasteiger partial charge in [0.1, 0.15) is 11.9 Å². The van der Waals surface area contributed by atoms with Crippen molar-refractivity contribution in [2.24, 2.45) is 0 Å².